The molecule has 2 fully saturated rings. The molecule has 4 rings (SSSR count). The maximum absolute atomic E-state index is 13.2. The van der Waals surface area contributed by atoms with E-state index in [1.165, 1.54) is 0 Å². The standard InChI is InChI=1S/C22H25N3O4S/c1-29-18-9-3-2-7-16(18)13-24(14-17-8-6-12-30-17)19(26)15-25-20(27)22(23-21(25)28)10-4-5-11-22/h2-3,6-9,12H,4-5,10-11,13-15H2,1H3,(H,23,28). The zero-order chi connectivity index (χ0) is 21.1. The fraction of sp³-hybridized carbons (Fsp3) is 0.409. The number of hydrogen-bond acceptors (Lipinski definition) is 5. The third-order valence-electron chi connectivity index (χ3n) is 5.83. The van der Waals surface area contributed by atoms with Gasteiger partial charge in [0.15, 0.2) is 0 Å². The van der Waals surface area contributed by atoms with Crippen molar-refractivity contribution in [3.8, 4) is 5.75 Å². The Labute approximate surface area is 179 Å². The molecular formula is C22H25N3O4S. The van der Waals surface area contributed by atoms with Gasteiger partial charge in [-0.2, -0.15) is 0 Å². The number of benzene rings is 1. The number of imide groups is 1. The van der Waals surface area contributed by atoms with Gasteiger partial charge >= 0.3 is 6.03 Å². The molecule has 4 amide bonds. The fourth-order valence-electron chi connectivity index (χ4n) is 4.23. The monoisotopic (exact) mass is 427 g/mol. The second kappa shape index (κ2) is 8.47. The van der Waals surface area contributed by atoms with E-state index in [0.717, 1.165) is 28.2 Å². The summed E-state index contributed by atoms with van der Waals surface area (Å²) < 4.78 is 5.43. The first kappa shape index (κ1) is 20.4. The molecule has 1 spiro atoms. The van der Waals surface area contributed by atoms with Crippen molar-refractivity contribution >= 4 is 29.2 Å². The number of urea groups is 1. The van der Waals surface area contributed by atoms with Gasteiger partial charge in [0.2, 0.25) is 5.91 Å². The lowest BCUT2D eigenvalue weighted by Crippen LogP contribution is -2.45. The van der Waals surface area contributed by atoms with Crippen molar-refractivity contribution in [3.63, 3.8) is 0 Å². The quantitative estimate of drug-likeness (QED) is 0.689. The number of nitrogens with zero attached hydrogens (tertiary/aromatic N) is 2. The second-order valence-corrected chi connectivity index (χ2v) is 8.78. The molecule has 158 valence electrons. The normalized spacial score (nSPS) is 17.4. The van der Waals surface area contributed by atoms with Crippen LogP contribution in [-0.2, 0) is 22.7 Å². The maximum Gasteiger partial charge on any atom is 0.325 e. The summed E-state index contributed by atoms with van der Waals surface area (Å²) in [5, 5.41) is 4.80. The lowest BCUT2D eigenvalue weighted by Gasteiger charge is -2.25. The van der Waals surface area contributed by atoms with Crippen molar-refractivity contribution in [1.29, 1.82) is 0 Å². The third-order valence-corrected chi connectivity index (χ3v) is 6.69. The molecule has 1 aliphatic heterocycles. The molecular weight excluding hydrogens is 402 g/mol. The van der Waals surface area contributed by atoms with Gasteiger partial charge in [-0.1, -0.05) is 37.1 Å². The van der Waals surface area contributed by atoms with Crippen LogP contribution in [-0.4, -0.2) is 46.8 Å². The average Bonchev–Trinajstić information content (AvgIpc) is 3.47. The van der Waals surface area contributed by atoms with Gasteiger partial charge in [0, 0.05) is 17.0 Å². The molecule has 0 bridgehead atoms. The van der Waals surface area contributed by atoms with Gasteiger partial charge in [0.05, 0.1) is 13.7 Å². The van der Waals surface area contributed by atoms with E-state index < -0.39 is 11.6 Å². The van der Waals surface area contributed by atoms with Crippen molar-refractivity contribution in [2.75, 3.05) is 13.7 Å². The second-order valence-electron chi connectivity index (χ2n) is 7.75. The number of hydrogen-bond donors (Lipinski definition) is 1. The summed E-state index contributed by atoms with van der Waals surface area (Å²) >= 11 is 1.56. The van der Waals surface area contributed by atoms with Crippen LogP contribution in [0, 0.1) is 0 Å². The Morgan fingerprint density at radius 1 is 1.17 bits per heavy atom. The smallest absolute Gasteiger partial charge is 0.325 e. The van der Waals surface area contributed by atoms with Gasteiger partial charge in [-0.3, -0.25) is 14.5 Å². The molecule has 1 saturated heterocycles. The van der Waals surface area contributed by atoms with Crippen LogP contribution in [0.4, 0.5) is 4.79 Å². The number of rotatable bonds is 7. The number of carbonyl (C=O) groups is 3. The summed E-state index contributed by atoms with van der Waals surface area (Å²) in [6, 6.07) is 11.0. The molecule has 2 heterocycles. The molecule has 2 aromatic rings. The number of carbonyl (C=O) groups excluding carboxylic acids is 3. The zero-order valence-corrected chi connectivity index (χ0v) is 17.7. The van der Waals surface area contributed by atoms with Gasteiger partial charge in [0.25, 0.3) is 5.91 Å². The van der Waals surface area contributed by atoms with Crippen LogP contribution in [0.2, 0.25) is 0 Å². The number of methoxy groups -OCH3 is 1. The van der Waals surface area contributed by atoms with Crippen LogP contribution >= 0.6 is 11.3 Å². The highest BCUT2D eigenvalue weighted by molar-refractivity contribution is 7.09. The summed E-state index contributed by atoms with van der Waals surface area (Å²) in [7, 11) is 1.60. The first-order valence-electron chi connectivity index (χ1n) is 10.1. The average molecular weight is 428 g/mol. The first-order chi connectivity index (χ1) is 14.5. The zero-order valence-electron chi connectivity index (χ0n) is 16.9. The van der Waals surface area contributed by atoms with Crippen LogP contribution in [0.15, 0.2) is 41.8 Å². The maximum atomic E-state index is 13.2. The van der Waals surface area contributed by atoms with Gasteiger partial charge in [-0.25, -0.2) is 4.79 Å². The first-order valence-corrected chi connectivity index (χ1v) is 11.0. The molecule has 1 N–H and O–H groups in total. The minimum atomic E-state index is -0.807. The fourth-order valence-corrected chi connectivity index (χ4v) is 4.95. The van der Waals surface area contributed by atoms with Crippen LogP contribution in [0.25, 0.3) is 0 Å². The third kappa shape index (κ3) is 3.92. The van der Waals surface area contributed by atoms with Crippen molar-refractivity contribution < 1.29 is 19.1 Å². The van der Waals surface area contributed by atoms with Crippen LogP contribution in [0.1, 0.15) is 36.1 Å². The Hall–Kier alpha value is -2.87. The van der Waals surface area contributed by atoms with E-state index in [2.05, 4.69) is 5.32 Å². The minimum absolute atomic E-state index is 0.257. The Morgan fingerprint density at radius 3 is 2.63 bits per heavy atom. The molecule has 1 saturated carbocycles. The van der Waals surface area contributed by atoms with Crippen molar-refractivity contribution in [3.05, 3.63) is 52.2 Å². The summed E-state index contributed by atoms with van der Waals surface area (Å²) in [6.07, 6.45) is 3.10. The molecule has 2 aliphatic rings. The van der Waals surface area contributed by atoms with E-state index in [4.69, 9.17) is 4.74 Å². The molecule has 1 aromatic carbocycles. The Balaban J connectivity index is 1.53. The van der Waals surface area contributed by atoms with Gasteiger partial charge < -0.3 is 15.0 Å². The number of para-hydroxylation sites is 1. The number of amides is 4. The largest absolute Gasteiger partial charge is 0.496 e. The van der Waals surface area contributed by atoms with E-state index in [0.29, 0.717) is 31.7 Å². The van der Waals surface area contributed by atoms with Crippen LogP contribution < -0.4 is 10.1 Å². The van der Waals surface area contributed by atoms with Gasteiger partial charge in [-0.05, 0) is 30.4 Å². The summed E-state index contributed by atoms with van der Waals surface area (Å²) in [4.78, 5) is 42.4. The summed E-state index contributed by atoms with van der Waals surface area (Å²) in [5.41, 5.74) is 0.0628. The molecule has 0 unspecified atom stereocenters. The highest BCUT2D eigenvalue weighted by Crippen LogP contribution is 2.35. The number of thiophene rings is 1. The summed E-state index contributed by atoms with van der Waals surface area (Å²) in [6.45, 7) is 0.478. The number of nitrogens with one attached hydrogen (secondary N) is 1. The van der Waals surface area contributed by atoms with Crippen molar-refractivity contribution in [2.24, 2.45) is 0 Å². The predicted octanol–water partition coefficient (Wildman–Crippen LogP) is 3.15. The molecule has 1 aliphatic carbocycles. The van der Waals surface area contributed by atoms with E-state index in [1.807, 2.05) is 41.8 Å². The van der Waals surface area contributed by atoms with Crippen molar-refractivity contribution in [1.82, 2.24) is 15.1 Å². The van der Waals surface area contributed by atoms with E-state index in [1.54, 1.807) is 23.3 Å². The van der Waals surface area contributed by atoms with E-state index in [-0.39, 0.29) is 18.4 Å². The topological polar surface area (TPSA) is 79.0 Å². The molecule has 8 heteroatoms. The van der Waals surface area contributed by atoms with E-state index >= 15 is 0 Å². The highest BCUT2D eigenvalue weighted by Gasteiger charge is 2.52. The molecule has 0 radical (unpaired) electrons. The molecule has 7 nitrogen and oxygen atoms in total. The highest BCUT2D eigenvalue weighted by atomic mass is 32.1. The molecule has 0 atom stereocenters. The van der Waals surface area contributed by atoms with Crippen molar-refractivity contribution in [2.45, 2.75) is 44.3 Å². The lowest BCUT2D eigenvalue weighted by atomic mass is 9.98. The van der Waals surface area contributed by atoms with E-state index in [9.17, 15) is 14.4 Å². The molecule has 1 aromatic heterocycles. The Morgan fingerprint density at radius 2 is 1.93 bits per heavy atom. The minimum Gasteiger partial charge on any atom is -0.496 e. The van der Waals surface area contributed by atoms with Gasteiger partial charge in [0.1, 0.15) is 17.8 Å². The summed E-state index contributed by atoms with van der Waals surface area (Å²) in [5.74, 6) is 0.154. The van der Waals surface area contributed by atoms with Crippen LogP contribution in [0.3, 0.4) is 0 Å². The lowest BCUT2D eigenvalue weighted by molar-refractivity contribution is -0.139. The van der Waals surface area contributed by atoms with Gasteiger partial charge in [-0.15, -0.1) is 11.3 Å². The van der Waals surface area contributed by atoms with Crippen LogP contribution in [0.5, 0.6) is 5.75 Å². The Kier molecular flexibility index (Phi) is 5.76. The molecule has 30 heavy (non-hydrogen) atoms. The number of ether oxygens (including phenoxy) is 1. The predicted molar refractivity (Wildman–Crippen MR) is 113 cm³/mol. The SMILES string of the molecule is COc1ccccc1CN(Cc1cccs1)C(=O)CN1C(=O)NC2(CCCC2)C1=O. The Bertz CT molecular complexity index is 938.